The molecule has 0 bridgehead atoms. The second-order valence-corrected chi connectivity index (χ2v) is 7.32. The lowest BCUT2D eigenvalue weighted by Gasteiger charge is -2.13. The first-order valence-corrected chi connectivity index (χ1v) is 8.79. The van der Waals surface area contributed by atoms with Gasteiger partial charge in [-0.05, 0) is 96.2 Å². The molecule has 0 unspecified atom stereocenters. The summed E-state index contributed by atoms with van der Waals surface area (Å²) in [4.78, 5) is 12.1. The van der Waals surface area contributed by atoms with Gasteiger partial charge in [0, 0.05) is 19.3 Å². The van der Waals surface area contributed by atoms with Crippen LogP contribution >= 0.6 is 50.7 Å². The van der Waals surface area contributed by atoms with Gasteiger partial charge < -0.3 is 5.32 Å². The molecule has 1 amide bonds. The SMILES string of the molecule is Cc1cc(NC(=S)NC(=O)c2ccc(Br)cc2)c(C)cc1I. The van der Waals surface area contributed by atoms with Crippen molar-refractivity contribution in [2.75, 3.05) is 5.32 Å². The van der Waals surface area contributed by atoms with Crippen LogP contribution in [0.1, 0.15) is 21.5 Å². The fourth-order valence-electron chi connectivity index (χ4n) is 1.85. The summed E-state index contributed by atoms with van der Waals surface area (Å²) in [5, 5.41) is 6.06. The minimum absolute atomic E-state index is 0.232. The number of hydrogen-bond donors (Lipinski definition) is 2. The maximum absolute atomic E-state index is 12.1. The van der Waals surface area contributed by atoms with E-state index in [1.165, 1.54) is 3.57 Å². The number of amides is 1. The van der Waals surface area contributed by atoms with Gasteiger partial charge in [-0.15, -0.1) is 0 Å². The number of benzene rings is 2. The van der Waals surface area contributed by atoms with E-state index in [9.17, 15) is 4.79 Å². The van der Waals surface area contributed by atoms with Crippen LogP contribution in [0.3, 0.4) is 0 Å². The van der Waals surface area contributed by atoms with Crippen molar-refractivity contribution in [1.82, 2.24) is 5.32 Å². The number of carbonyl (C=O) groups excluding carboxylic acids is 1. The number of rotatable bonds is 2. The first-order chi connectivity index (χ1) is 10.4. The lowest BCUT2D eigenvalue weighted by molar-refractivity contribution is 0.0977. The summed E-state index contributed by atoms with van der Waals surface area (Å²) in [5.41, 5.74) is 3.70. The Balaban J connectivity index is 2.05. The van der Waals surface area contributed by atoms with E-state index in [0.29, 0.717) is 5.56 Å². The van der Waals surface area contributed by atoms with Gasteiger partial charge in [0.25, 0.3) is 5.91 Å². The average molecular weight is 489 g/mol. The lowest BCUT2D eigenvalue weighted by Crippen LogP contribution is -2.34. The van der Waals surface area contributed by atoms with Gasteiger partial charge in [0.1, 0.15) is 0 Å². The van der Waals surface area contributed by atoms with Gasteiger partial charge in [-0.1, -0.05) is 15.9 Å². The smallest absolute Gasteiger partial charge is 0.257 e. The summed E-state index contributed by atoms with van der Waals surface area (Å²) >= 11 is 10.9. The third-order valence-corrected chi connectivity index (χ3v) is 4.98. The van der Waals surface area contributed by atoms with E-state index in [0.717, 1.165) is 21.3 Å². The number of aryl methyl sites for hydroxylation is 2. The van der Waals surface area contributed by atoms with Crippen molar-refractivity contribution in [2.45, 2.75) is 13.8 Å². The predicted molar refractivity (Wildman–Crippen MR) is 106 cm³/mol. The van der Waals surface area contributed by atoms with Crippen molar-refractivity contribution in [3.63, 3.8) is 0 Å². The van der Waals surface area contributed by atoms with Gasteiger partial charge >= 0.3 is 0 Å². The molecular formula is C16H14BrIN2OS. The van der Waals surface area contributed by atoms with Crippen LogP contribution in [0.4, 0.5) is 5.69 Å². The Bertz CT molecular complexity index is 732. The fraction of sp³-hybridized carbons (Fsp3) is 0.125. The predicted octanol–water partition coefficient (Wildman–Crippen LogP) is 4.80. The Kier molecular flexibility index (Phi) is 5.94. The summed E-state index contributed by atoms with van der Waals surface area (Å²) in [7, 11) is 0. The van der Waals surface area contributed by atoms with Crippen LogP contribution < -0.4 is 10.6 Å². The van der Waals surface area contributed by atoms with Gasteiger partial charge in [-0.2, -0.15) is 0 Å². The van der Waals surface area contributed by atoms with Gasteiger partial charge in [-0.25, -0.2) is 0 Å². The molecular weight excluding hydrogens is 475 g/mol. The van der Waals surface area contributed by atoms with E-state index in [1.807, 2.05) is 32.0 Å². The number of hydrogen-bond acceptors (Lipinski definition) is 2. The average Bonchev–Trinajstić information content (AvgIpc) is 2.45. The highest BCUT2D eigenvalue weighted by Gasteiger charge is 2.09. The zero-order valence-corrected chi connectivity index (χ0v) is 16.6. The largest absolute Gasteiger partial charge is 0.332 e. The maximum atomic E-state index is 12.1. The first kappa shape index (κ1) is 17.4. The molecule has 0 radical (unpaired) electrons. The molecule has 0 saturated carbocycles. The molecule has 0 aliphatic rings. The van der Waals surface area contributed by atoms with Crippen LogP contribution in [0.15, 0.2) is 40.9 Å². The molecule has 2 rings (SSSR count). The highest BCUT2D eigenvalue weighted by molar-refractivity contribution is 14.1. The second kappa shape index (κ2) is 7.52. The molecule has 0 spiro atoms. The summed E-state index contributed by atoms with van der Waals surface area (Å²) in [5.74, 6) is -0.232. The molecule has 2 aromatic rings. The van der Waals surface area contributed by atoms with Crippen molar-refractivity contribution in [2.24, 2.45) is 0 Å². The Morgan fingerprint density at radius 1 is 1.14 bits per heavy atom. The minimum atomic E-state index is -0.232. The fourth-order valence-corrected chi connectivity index (χ4v) is 2.94. The standard InChI is InChI=1S/C16H14BrIN2OS/c1-9-8-14(10(2)7-13(9)18)19-16(22)20-15(21)11-3-5-12(17)6-4-11/h3-8H,1-2H3,(H2,19,20,21,22). The zero-order valence-electron chi connectivity index (χ0n) is 12.0. The lowest BCUT2D eigenvalue weighted by atomic mass is 10.1. The zero-order chi connectivity index (χ0) is 16.3. The number of anilines is 1. The van der Waals surface area contributed by atoms with Crippen LogP contribution in [-0.2, 0) is 0 Å². The van der Waals surface area contributed by atoms with Gasteiger partial charge in [0.15, 0.2) is 5.11 Å². The number of thiocarbonyl (C=S) groups is 1. The van der Waals surface area contributed by atoms with Crippen molar-refractivity contribution in [3.05, 3.63) is 61.1 Å². The third kappa shape index (κ3) is 4.50. The van der Waals surface area contributed by atoms with Crippen LogP contribution in [0, 0.1) is 17.4 Å². The van der Waals surface area contributed by atoms with Crippen LogP contribution in [-0.4, -0.2) is 11.0 Å². The second-order valence-electron chi connectivity index (χ2n) is 4.83. The highest BCUT2D eigenvalue weighted by Crippen LogP contribution is 2.21. The molecule has 0 heterocycles. The van der Waals surface area contributed by atoms with E-state index in [-0.39, 0.29) is 11.0 Å². The maximum Gasteiger partial charge on any atom is 0.257 e. The molecule has 0 aliphatic heterocycles. The van der Waals surface area contributed by atoms with Crippen LogP contribution in [0.25, 0.3) is 0 Å². The van der Waals surface area contributed by atoms with E-state index >= 15 is 0 Å². The monoisotopic (exact) mass is 488 g/mol. The third-order valence-electron chi connectivity index (χ3n) is 3.09. The molecule has 114 valence electrons. The normalized spacial score (nSPS) is 10.2. The summed E-state index contributed by atoms with van der Waals surface area (Å²) in [6, 6.07) is 11.2. The topological polar surface area (TPSA) is 41.1 Å². The molecule has 0 aliphatic carbocycles. The van der Waals surface area contributed by atoms with Crippen molar-refractivity contribution in [1.29, 1.82) is 0 Å². The number of carbonyl (C=O) groups is 1. The van der Waals surface area contributed by atoms with Crippen LogP contribution in [0.2, 0.25) is 0 Å². The molecule has 0 saturated heterocycles. The molecule has 6 heteroatoms. The molecule has 0 atom stereocenters. The van der Waals surface area contributed by atoms with E-state index in [2.05, 4.69) is 55.2 Å². The van der Waals surface area contributed by atoms with E-state index < -0.39 is 0 Å². The molecule has 2 N–H and O–H groups in total. The summed E-state index contributed by atoms with van der Waals surface area (Å²) < 4.78 is 2.13. The first-order valence-electron chi connectivity index (χ1n) is 6.51. The van der Waals surface area contributed by atoms with Gasteiger partial charge in [0.2, 0.25) is 0 Å². The Hall–Kier alpha value is -0.990. The molecule has 0 fully saturated rings. The molecule has 3 nitrogen and oxygen atoms in total. The summed E-state index contributed by atoms with van der Waals surface area (Å²) in [6.45, 7) is 4.04. The van der Waals surface area contributed by atoms with Gasteiger partial charge in [0.05, 0.1) is 0 Å². The van der Waals surface area contributed by atoms with E-state index in [1.54, 1.807) is 12.1 Å². The van der Waals surface area contributed by atoms with Crippen molar-refractivity contribution >= 4 is 67.4 Å². The number of nitrogens with one attached hydrogen (secondary N) is 2. The quantitative estimate of drug-likeness (QED) is 0.471. The van der Waals surface area contributed by atoms with Gasteiger partial charge in [-0.3, -0.25) is 10.1 Å². The van der Waals surface area contributed by atoms with Crippen molar-refractivity contribution in [3.8, 4) is 0 Å². The number of halogens is 2. The van der Waals surface area contributed by atoms with Crippen molar-refractivity contribution < 1.29 is 4.79 Å². The molecule has 0 aromatic heterocycles. The molecule has 2 aromatic carbocycles. The Labute approximate surface area is 157 Å². The highest BCUT2D eigenvalue weighted by atomic mass is 127. The Morgan fingerprint density at radius 3 is 2.41 bits per heavy atom. The molecule has 22 heavy (non-hydrogen) atoms. The summed E-state index contributed by atoms with van der Waals surface area (Å²) in [6.07, 6.45) is 0. The minimum Gasteiger partial charge on any atom is -0.332 e. The van der Waals surface area contributed by atoms with E-state index in [4.69, 9.17) is 12.2 Å². The van der Waals surface area contributed by atoms with Crippen LogP contribution in [0.5, 0.6) is 0 Å². The Morgan fingerprint density at radius 2 is 1.77 bits per heavy atom.